The van der Waals surface area contributed by atoms with Crippen molar-refractivity contribution in [3.63, 3.8) is 0 Å². The van der Waals surface area contributed by atoms with Crippen molar-refractivity contribution in [3.05, 3.63) is 30.1 Å². The molecular formula is C13H20N3O2+. The molecule has 98 valence electrons. The zero-order valence-electron chi connectivity index (χ0n) is 11.1. The standard InChI is InChI=1S/C13H19N3O2/c1-10(2)8-14-13(18)15-12(17)9-16-7-5-4-6-11(16)3/h4-7,10H,8-9H2,1-3H3,(H-,14,15,17,18)/p+1. The van der Waals surface area contributed by atoms with Crippen LogP contribution < -0.4 is 15.2 Å². The molecular weight excluding hydrogens is 230 g/mol. The van der Waals surface area contributed by atoms with Crippen molar-refractivity contribution < 1.29 is 14.2 Å². The molecule has 1 aromatic heterocycles. The Hall–Kier alpha value is -1.91. The Kier molecular flexibility index (Phi) is 5.30. The molecule has 0 saturated carbocycles. The number of hydrogen-bond acceptors (Lipinski definition) is 2. The molecule has 1 rings (SSSR count). The van der Waals surface area contributed by atoms with Gasteiger partial charge in [-0.2, -0.15) is 4.57 Å². The van der Waals surface area contributed by atoms with Crippen molar-refractivity contribution in [2.24, 2.45) is 5.92 Å². The Morgan fingerprint density at radius 3 is 2.67 bits per heavy atom. The zero-order valence-corrected chi connectivity index (χ0v) is 11.1. The van der Waals surface area contributed by atoms with E-state index in [0.29, 0.717) is 12.5 Å². The Balaban J connectivity index is 2.42. The number of rotatable bonds is 4. The molecule has 0 saturated heterocycles. The first kappa shape index (κ1) is 14.2. The molecule has 0 fully saturated rings. The summed E-state index contributed by atoms with van der Waals surface area (Å²) in [6.07, 6.45) is 1.81. The fraction of sp³-hybridized carbons (Fsp3) is 0.462. The molecule has 0 bridgehead atoms. The summed E-state index contributed by atoms with van der Waals surface area (Å²) in [5, 5.41) is 4.93. The number of carbonyl (C=O) groups is 2. The van der Waals surface area contributed by atoms with E-state index in [1.807, 2.05) is 39.0 Å². The molecule has 1 heterocycles. The predicted molar refractivity (Wildman–Crippen MR) is 67.8 cm³/mol. The van der Waals surface area contributed by atoms with Gasteiger partial charge < -0.3 is 5.32 Å². The van der Waals surface area contributed by atoms with Gasteiger partial charge in [-0.1, -0.05) is 19.9 Å². The monoisotopic (exact) mass is 250 g/mol. The molecule has 3 amide bonds. The Morgan fingerprint density at radius 1 is 1.33 bits per heavy atom. The Bertz CT molecular complexity index is 430. The van der Waals surface area contributed by atoms with Crippen molar-refractivity contribution in [1.82, 2.24) is 10.6 Å². The van der Waals surface area contributed by atoms with Crippen molar-refractivity contribution in [1.29, 1.82) is 0 Å². The number of pyridine rings is 1. The van der Waals surface area contributed by atoms with Gasteiger partial charge in [0.05, 0.1) is 0 Å². The third-order valence-electron chi connectivity index (χ3n) is 2.41. The highest BCUT2D eigenvalue weighted by Crippen LogP contribution is 1.88. The van der Waals surface area contributed by atoms with E-state index in [1.54, 1.807) is 10.8 Å². The van der Waals surface area contributed by atoms with Crippen LogP contribution in [0.4, 0.5) is 4.79 Å². The molecule has 0 aliphatic rings. The number of nitrogens with zero attached hydrogens (tertiary/aromatic N) is 1. The van der Waals surface area contributed by atoms with Gasteiger partial charge >= 0.3 is 6.03 Å². The van der Waals surface area contributed by atoms with Gasteiger partial charge in [0, 0.05) is 25.6 Å². The normalized spacial score (nSPS) is 10.2. The second-order valence-corrected chi connectivity index (χ2v) is 4.62. The minimum Gasteiger partial charge on any atom is -0.338 e. The number of aryl methyl sites for hydroxylation is 1. The number of imide groups is 1. The molecule has 0 spiro atoms. The molecule has 0 unspecified atom stereocenters. The van der Waals surface area contributed by atoms with Crippen LogP contribution in [0.25, 0.3) is 0 Å². The molecule has 1 aromatic rings. The highest BCUT2D eigenvalue weighted by Gasteiger charge is 2.14. The summed E-state index contributed by atoms with van der Waals surface area (Å²) in [5.74, 6) is 0.0344. The maximum Gasteiger partial charge on any atom is 0.321 e. The van der Waals surface area contributed by atoms with Gasteiger partial charge in [-0.25, -0.2) is 4.79 Å². The van der Waals surface area contributed by atoms with Crippen LogP contribution in [0.5, 0.6) is 0 Å². The van der Waals surface area contributed by atoms with Gasteiger partial charge in [0.25, 0.3) is 5.91 Å². The summed E-state index contributed by atoms with van der Waals surface area (Å²) in [5.41, 5.74) is 0.968. The maximum atomic E-state index is 11.6. The van der Waals surface area contributed by atoms with Crippen molar-refractivity contribution in [3.8, 4) is 0 Å². The van der Waals surface area contributed by atoms with Gasteiger partial charge in [0.15, 0.2) is 11.9 Å². The molecule has 0 aliphatic carbocycles. The quantitative estimate of drug-likeness (QED) is 0.775. The first-order valence-corrected chi connectivity index (χ1v) is 6.02. The Labute approximate surface area is 107 Å². The van der Waals surface area contributed by atoms with E-state index >= 15 is 0 Å². The SMILES string of the molecule is Cc1cccc[n+]1CC(=O)NC(=O)NCC(C)C. The van der Waals surface area contributed by atoms with E-state index in [0.717, 1.165) is 5.69 Å². The molecule has 2 N–H and O–H groups in total. The lowest BCUT2D eigenvalue weighted by Gasteiger charge is -2.07. The van der Waals surface area contributed by atoms with Gasteiger partial charge in [0.2, 0.25) is 6.54 Å². The summed E-state index contributed by atoms with van der Waals surface area (Å²) in [6, 6.07) is 5.22. The van der Waals surface area contributed by atoms with E-state index in [4.69, 9.17) is 0 Å². The number of carbonyl (C=O) groups excluding carboxylic acids is 2. The van der Waals surface area contributed by atoms with Gasteiger partial charge in [-0.15, -0.1) is 0 Å². The van der Waals surface area contributed by atoms with Crippen LogP contribution in [0, 0.1) is 12.8 Å². The first-order valence-electron chi connectivity index (χ1n) is 6.02. The second-order valence-electron chi connectivity index (χ2n) is 4.62. The van der Waals surface area contributed by atoms with E-state index in [9.17, 15) is 9.59 Å². The highest BCUT2D eigenvalue weighted by molar-refractivity contribution is 5.93. The fourth-order valence-electron chi connectivity index (χ4n) is 1.40. The first-order chi connectivity index (χ1) is 8.49. The minimum absolute atomic E-state index is 0.141. The van der Waals surface area contributed by atoms with Crippen molar-refractivity contribution >= 4 is 11.9 Å². The zero-order chi connectivity index (χ0) is 13.5. The number of hydrogen-bond donors (Lipinski definition) is 2. The summed E-state index contributed by atoms with van der Waals surface area (Å²) in [6.45, 7) is 6.58. The van der Waals surface area contributed by atoms with Crippen molar-refractivity contribution in [2.75, 3.05) is 6.54 Å². The third kappa shape index (κ3) is 4.95. The average Bonchev–Trinajstić information content (AvgIpc) is 2.29. The summed E-state index contributed by atoms with van der Waals surface area (Å²) in [4.78, 5) is 23.0. The lowest BCUT2D eigenvalue weighted by atomic mass is 10.2. The number of nitrogens with one attached hydrogen (secondary N) is 2. The van der Waals surface area contributed by atoms with Crippen LogP contribution >= 0.6 is 0 Å². The van der Waals surface area contributed by atoms with Crippen molar-refractivity contribution in [2.45, 2.75) is 27.3 Å². The van der Waals surface area contributed by atoms with Gasteiger partial charge in [-0.3, -0.25) is 10.1 Å². The van der Waals surface area contributed by atoms with Crippen LogP contribution in [0.3, 0.4) is 0 Å². The molecule has 0 atom stereocenters. The topological polar surface area (TPSA) is 62.1 Å². The summed E-state index contributed by atoms with van der Waals surface area (Å²) < 4.78 is 1.78. The van der Waals surface area contributed by atoms with E-state index in [2.05, 4.69) is 10.6 Å². The second kappa shape index (κ2) is 6.74. The van der Waals surface area contributed by atoms with Crippen LogP contribution in [0.1, 0.15) is 19.5 Å². The van der Waals surface area contributed by atoms with Crippen LogP contribution in [0.2, 0.25) is 0 Å². The Morgan fingerprint density at radius 2 is 2.06 bits per heavy atom. The summed E-state index contributed by atoms with van der Waals surface area (Å²) in [7, 11) is 0. The number of urea groups is 1. The van der Waals surface area contributed by atoms with Crippen LogP contribution in [0.15, 0.2) is 24.4 Å². The molecule has 0 radical (unpaired) electrons. The molecule has 0 aromatic carbocycles. The summed E-state index contributed by atoms with van der Waals surface area (Å²) >= 11 is 0. The average molecular weight is 250 g/mol. The molecule has 18 heavy (non-hydrogen) atoms. The minimum atomic E-state index is -0.442. The van der Waals surface area contributed by atoms with Gasteiger partial charge in [-0.05, 0) is 5.92 Å². The highest BCUT2D eigenvalue weighted by atomic mass is 16.2. The van der Waals surface area contributed by atoms with Gasteiger partial charge in [0.1, 0.15) is 0 Å². The van der Waals surface area contributed by atoms with Crippen LogP contribution in [-0.2, 0) is 11.3 Å². The number of amides is 3. The van der Waals surface area contributed by atoms with E-state index in [-0.39, 0.29) is 12.5 Å². The molecule has 5 heteroatoms. The van der Waals surface area contributed by atoms with E-state index < -0.39 is 6.03 Å². The van der Waals surface area contributed by atoms with Crippen LogP contribution in [-0.4, -0.2) is 18.5 Å². The lowest BCUT2D eigenvalue weighted by molar-refractivity contribution is -0.690. The largest absolute Gasteiger partial charge is 0.338 e. The predicted octanol–water partition coefficient (Wildman–Crippen LogP) is 0.764. The maximum absolute atomic E-state index is 11.6. The number of aromatic nitrogens is 1. The smallest absolute Gasteiger partial charge is 0.321 e. The molecule has 0 aliphatic heterocycles. The molecule has 5 nitrogen and oxygen atoms in total. The lowest BCUT2D eigenvalue weighted by Crippen LogP contribution is -2.48. The fourth-order valence-corrected chi connectivity index (χ4v) is 1.40. The van der Waals surface area contributed by atoms with E-state index in [1.165, 1.54) is 0 Å². The third-order valence-corrected chi connectivity index (χ3v) is 2.41.